The van der Waals surface area contributed by atoms with Gasteiger partial charge in [0.2, 0.25) is 0 Å². The van der Waals surface area contributed by atoms with Gasteiger partial charge in [-0.05, 0) is 6.92 Å². The lowest BCUT2D eigenvalue weighted by atomic mass is 10.0. The molecule has 1 spiro atoms. The number of carbonyl (C=O) groups excluding carboxylic acids is 2. The Bertz CT molecular complexity index is 661. The van der Waals surface area contributed by atoms with Gasteiger partial charge in [-0.1, -0.05) is 13.8 Å². The minimum absolute atomic E-state index is 0.0970. The second-order valence-corrected chi connectivity index (χ2v) is 6.77. The van der Waals surface area contributed by atoms with Crippen LogP contribution in [-0.2, 0) is 4.74 Å². The van der Waals surface area contributed by atoms with Gasteiger partial charge in [0.25, 0.3) is 5.91 Å². The molecule has 2 aliphatic rings. The number of aryl methyl sites for hydroxylation is 1. The summed E-state index contributed by atoms with van der Waals surface area (Å²) in [5.74, 6) is 0.866. The van der Waals surface area contributed by atoms with Crippen LogP contribution in [0.25, 0.3) is 0 Å². The molecule has 3 rings (SSSR count). The van der Waals surface area contributed by atoms with Crippen molar-refractivity contribution < 1.29 is 14.3 Å². The van der Waals surface area contributed by atoms with Crippen LogP contribution in [0.4, 0.5) is 4.79 Å². The zero-order valence-corrected chi connectivity index (χ0v) is 14.0. The lowest BCUT2D eigenvalue weighted by Gasteiger charge is -2.22. The van der Waals surface area contributed by atoms with Gasteiger partial charge in [0.15, 0.2) is 5.60 Å². The predicted molar refractivity (Wildman–Crippen MR) is 83.2 cm³/mol. The summed E-state index contributed by atoms with van der Waals surface area (Å²) in [5.41, 5.74) is 0.646. The molecule has 7 nitrogen and oxygen atoms in total. The molecule has 1 atom stereocenters. The molecule has 3 heterocycles. The van der Waals surface area contributed by atoms with Gasteiger partial charge in [-0.15, -0.1) is 0 Å². The Morgan fingerprint density at radius 1 is 1.39 bits per heavy atom. The average molecular weight is 318 g/mol. The van der Waals surface area contributed by atoms with Crippen molar-refractivity contribution >= 4 is 12.0 Å². The van der Waals surface area contributed by atoms with E-state index < -0.39 is 5.60 Å². The topological polar surface area (TPSA) is 75.6 Å². The van der Waals surface area contributed by atoms with Crippen molar-refractivity contribution in [3.8, 4) is 0 Å². The predicted octanol–water partition coefficient (Wildman–Crippen LogP) is 1.58. The largest absolute Gasteiger partial charge is 0.439 e. The molecule has 0 radical (unpaired) electrons. The summed E-state index contributed by atoms with van der Waals surface area (Å²) >= 11 is 0. The first-order valence-electron chi connectivity index (χ1n) is 7.88. The summed E-state index contributed by atoms with van der Waals surface area (Å²) in [6.07, 6.45) is 1.96. The standard InChI is InChI=1S/C16H22N4O3/c1-10(2)13-17-7-12(11(3)18-13)14(21)20-6-5-16(9-20)8-19(4)15(22)23-16/h7,10H,5-6,8-9H2,1-4H3/t16-/m1/s1. The summed E-state index contributed by atoms with van der Waals surface area (Å²) in [5, 5.41) is 0. The Kier molecular flexibility index (Phi) is 3.74. The number of nitrogens with zero attached hydrogens (tertiary/aromatic N) is 4. The molecule has 0 saturated carbocycles. The summed E-state index contributed by atoms with van der Waals surface area (Å²) in [6.45, 7) is 7.39. The van der Waals surface area contributed by atoms with Crippen LogP contribution in [0, 0.1) is 6.92 Å². The molecule has 2 saturated heterocycles. The van der Waals surface area contributed by atoms with Crippen LogP contribution in [0.2, 0.25) is 0 Å². The van der Waals surface area contributed by atoms with E-state index in [4.69, 9.17) is 4.74 Å². The van der Waals surface area contributed by atoms with Crippen LogP contribution in [-0.4, -0.2) is 64.1 Å². The Morgan fingerprint density at radius 2 is 2.13 bits per heavy atom. The Labute approximate surface area is 135 Å². The van der Waals surface area contributed by atoms with E-state index in [9.17, 15) is 9.59 Å². The van der Waals surface area contributed by atoms with Crippen molar-refractivity contribution in [1.29, 1.82) is 0 Å². The number of aromatic nitrogens is 2. The van der Waals surface area contributed by atoms with E-state index in [1.54, 1.807) is 23.0 Å². The fourth-order valence-electron chi connectivity index (χ4n) is 3.17. The maximum absolute atomic E-state index is 12.7. The van der Waals surface area contributed by atoms with Crippen molar-refractivity contribution in [2.45, 2.75) is 38.7 Å². The lowest BCUT2D eigenvalue weighted by Crippen LogP contribution is -2.39. The lowest BCUT2D eigenvalue weighted by molar-refractivity contribution is 0.0552. The number of rotatable bonds is 2. The molecule has 0 N–H and O–H groups in total. The minimum Gasteiger partial charge on any atom is -0.439 e. The van der Waals surface area contributed by atoms with Gasteiger partial charge in [0.05, 0.1) is 24.3 Å². The quantitative estimate of drug-likeness (QED) is 0.827. The highest BCUT2D eigenvalue weighted by atomic mass is 16.6. The molecule has 0 unspecified atom stereocenters. The van der Waals surface area contributed by atoms with Crippen molar-refractivity contribution in [2.24, 2.45) is 0 Å². The summed E-state index contributed by atoms with van der Waals surface area (Å²) < 4.78 is 5.48. The van der Waals surface area contributed by atoms with Crippen LogP contribution in [0.3, 0.4) is 0 Å². The Morgan fingerprint density at radius 3 is 2.70 bits per heavy atom. The molecule has 1 aromatic rings. The summed E-state index contributed by atoms with van der Waals surface area (Å²) in [6, 6.07) is 0. The van der Waals surface area contributed by atoms with E-state index in [1.165, 1.54) is 0 Å². The van der Waals surface area contributed by atoms with Gasteiger partial charge in [0, 0.05) is 32.1 Å². The van der Waals surface area contributed by atoms with Crippen LogP contribution in [0.5, 0.6) is 0 Å². The van der Waals surface area contributed by atoms with Gasteiger partial charge < -0.3 is 14.5 Å². The fraction of sp³-hybridized carbons (Fsp3) is 0.625. The van der Waals surface area contributed by atoms with Crippen LogP contribution in [0.15, 0.2) is 6.20 Å². The first-order valence-corrected chi connectivity index (χ1v) is 7.88. The van der Waals surface area contributed by atoms with Crippen molar-refractivity contribution in [3.05, 3.63) is 23.3 Å². The van der Waals surface area contributed by atoms with Crippen molar-refractivity contribution in [3.63, 3.8) is 0 Å². The zero-order valence-electron chi connectivity index (χ0n) is 14.0. The number of likely N-dealkylation sites (tertiary alicyclic amines) is 1. The monoisotopic (exact) mass is 318 g/mol. The molecule has 1 aromatic heterocycles. The number of likely N-dealkylation sites (N-methyl/N-ethyl adjacent to an activating group) is 1. The van der Waals surface area contributed by atoms with E-state index >= 15 is 0 Å². The van der Waals surface area contributed by atoms with Gasteiger partial charge in [0.1, 0.15) is 5.82 Å². The van der Waals surface area contributed by atoms with E-state index in [0.717, 1.165) is 5.82 Å². The van der Waals surface area contributed by atoms with Gasteiger partial charge >= 0.3 is 6.09 Å². The smallest absolute Gasteiger partial charge is 0.410 e. The Hall–Kier alpha value is -2.18. The van der Waals surface area contributed by atoms with Crippen LogP contribution >= 0.6 is 0 Å². The normalized spacial score (nSPS) is 24.0. The number of hydrogen-bond donors (Lipinski definition) is 0. The highest BCUT2D eigenvalue weighted by molar-refractivity contribution is 5.95. The van der Waals surface area contributed by atoms with E-state index in [2.05, 4.69) is 9.97 Å². The summed E-state index contributed by atoms with van der Waals surface area (Å²) in [7, 11) is 1.71. The fourth-order valence-corrected chi connectivity index (χ4v) is 3.17. The number of carbonyl (C=O) groups is 2. The molecule has 7 heteroatoms. The molecule has 23 heavy (non-hydrogen) atoms. The van der Waals surface area contributed by atoms with E-state index in [1.807, 2.05) is 20.8 Å². The third-order valence-electron chi connectivity index (χ3n) is 4.49. The minimum atomic E-state index is -0.561. The van der Waals surface area contributed by atoms with Crippen LogP contribution < -0.4 is 0 Å². The van der Waals surface area contributed by atoms with Crippen molar-refractivity contribution in [2.75, 3.05) is 26.7 Å². The SMILES string of the molecule is Cc1nc(C(C)C)ncc1C(=O)N1CC[C@@]2(CN(C)C(=O)O2)C1. The van der Waals surface area contributed by atoms with Gasteiger partial charge in [-0.3, -0.25) is 4.79 Å². The maximum atomic E-state index is 12.7. The third-order valence-corrected chi connectivity index (χ3v) is 4.49. The number of amides is 2. The summed E-state index contributed by atoms with van der Waals surface area (Å²) in [4.78, 5) is 36.4. The molecular weight excluding hydrogens is 296 g/mol. The van der Waals surface area contributed by atoms with E-state index in [-0.39, 0.29) is 17.9 Å². The van der Waals surface area contributed by atoms with Crippen molar-refractivity contribution in [1.82, 2.24) is 19.8 Å². The van der Waals surface area contributed by atoms with Crippen LogP contribution in [0.1, 0.15) is 48.1 Å². The van der Waals surface area contributed by atoms with Gasteiger partial charge in [-0.2, -0.15) is 0 Å². The zero-order chi connectivity index (χ0) is 16.8. The van der Waals surface area contributed by atoms with Gasteiger partial charge in [-0.25, -0.2) is 14.8 Å². The molecule has 2 fully saturated rings. The maximum Gasteiger partial charge on any atom is 0.410 e. The number of ether oxygens (including phenoxy) is 1. The molecule has 2 aliphatic heterocycles. The third kappa shape index (κ3) is 2.75. The highest BCUT2D eigenvalue weighted by Gasteiger charge is 2.49. The first-order chi connectivity index (χ1) is 10.8. The molecule has 0 aliphatic carbocycles. The average Bonchev–Trinajstić information content (AvgIpc) is 3.01. The molecule has 124 valence electrons. The molecule has 0 aromatic carbocycles. The van der Waals surface area contributed by atoms with E-state index in [0.29, 0.717) is 37.3 Å². The second-order valence-electron chi connectivity index (χ2n) is 6.77. The molecule has 2 amide bonds. The first kappa shape index (κ1) is 15.7. The Balaban J connectivity index is 1.76. The number of hydrogen-bond acceptors (Lipinski definition) is 5. The molecule has 0 bridgehead atoms. The molecular formula is C16H22N4O3. The second kappa shape index (κ2) is 5.47. The highest BCUT2D eigenvalue weighted by Crippen LogP contribution is 2.32.